The number of carbonyl (C=O) groups is 1. The number of amides is 1. The zero-order chi connectivity index (χ0) is 17.5. The summed E-state index contributed by atoms with van der Waals surface area (Å²) in [6.45, 7) is 7.43. The predicted molar refractivity (Wildman–Crippen MR) is 103 cm³/mol. The highest BCUT2D eigenvalue weighted by atomic mass is 16.1. The van der Waals surface area contributed by atoms with Gasteiger partial charge in [0.1, 0.15) is 0 Å². The van der Waals surface area contributed by atoms with Crippen LogP contribution < -0.4 is 10.6 Å². The van der Waals surface area contributed by atoms with Crippen molar-refractivity contribution in [1.29, 1.82) is 0 Å². The highest BCUT2D eigenvalue weighted by Gasteiger charge is 2.10. The molecule has 1 aliphatic rings. The molecule has 1 heterocycles. The molecule has 25 heavy (non-hydrogen) atoms. The fraction of sp³-hybridized carbons (Fsp3) is 0.381. The van der Waals surface area contributed by atoms with Gasteiger partial charge in [0, 0.05) is 30.9 Å². The van der Waals surface area contributed by atoms with Crippen molar-refractivity contribution < 1.29 is 4.79 Å². The minimum Gasteiger partial charge on any atom is -0.322 e. The third-order valence-electron chi connectivity index (χ3n) is 4.63. The number of rotatable bonds is 7. The lowest BCUT2D eigenvalue weighted by atomic mass is 10.1. The summed E-state index contributed by atoms with van der Waals surface area (Å²) in [6, 6.07) is 15.7. The number of aryl methyl sites for hydroxylation is 1. The Bertz CT molecular complexity index is 691. The molecule has 2 aromatic rings. The molecule has 0 spiro atoms. The molecular weight excluding hydrogens is 310 g/mol. The van der Waals surface area contributed by atoms with Crippen LogP contribution in [0.3, 0.4) is 0 Å². The molecule has 0 aliphatic carbocycles. The van der Waals surface area contributed by atoms with Gasteiger partial charge in [-0.05, 0) is 62.7 Å². The smallest absolute Gasteiger partial charge is 0.255 e. The average Bonchev–Trinajstić information content (AvgIpc) is 3.13. The highest BCUT2D eigenvalue weighted by Crippen LogP contribution is 2.13. The third-order valence-corrected chi connectivity index (χ3v) is 4.63. The lowest BCUT2D eigenvalue weighted by Crippen LogP contribution is -2.29. The predicted octanol–water partition coefficient (Wildman–Crippen LogP) is 3.43. The van der Waals surface area contributed by atoms with Crippen LogP contribution in [0.15, 0.2) is 48.5 Å². The quantitative estimate of drug-likeness (QED) is 0.761. The zero-order valence-corrected chi connectivity index (χ0v) is 14.9. The van der Waals surface area contributed by atoms with Crippen molar-refractivity contribution in [3.05, 3.63) is 65.2 Å². The molecule has 0 aromatic heterocycles. The van der Waals surface area contributed by atoms with Crippen LogP contribution in [0.5, 0.6) is 0 Å². The second kappa shape index (κ2) is 8.79. The van der Waals surface area contributed by atoms with E-state index in [9.17, 15) is 4.79 Å². The van der Waals surface area contributed by atoms with E-state index in [0.717, 1.165) is 30.9 Å². The van der Waals surface area contributed by atoms with Gasteiger partial charge in [0.2, 0.25) is 0 Å². The van der Waals surface area contributed by atoms with E-state index in [1.165, 1.54) is 31.5 Å². The number of likely N-dealkylation sites (tertiary alicyclic amines) is 1. The van der Waals surface area contributed by atoms with E-state index in [-0.39, 0.29) is 5.91 Å². The topological polar surface area (TPSA) is 44.4 Å². The molecule has 1 amide bonds. The Morgan fingerprint density at radius 3 is 2.60 bits per heavy atom. The Morgan fingerprint density at radius 1 is 1.08 bits per heavy atom. The van der Waals surface area contributed by atoms with Crippen LogP contribution in [0.25, 0.3) is 0 Å². The van der Waals surface area contributed by atoms with Gasteiger partial charge in [-0.3, -0.25) is 4.79 Å². The Hall–Kier alpha value is -2.17. The van der Waals surface area contributed by atoms with E-state index in [1.807, 2.05) is 49.4 Å². The fourth-order valence-electron chi connectivity index (χ4n) is 3.14. The van der Waals surface area contributed by atoms with Crippen LogP contribution in [-0.2, 0) is 6.54 Å². The molecule has 1 aliphatic heterocycles. The molecule has 2 aromatic carbocycles. The van der Waals surface area contributed by atoms with Crippen molar-refractivity contribution in [3.63, 3.8) is 0 Å². The summed E-state index contributed by atoms with van der Waals surface area (Å²) in [5.74, 6) is -0.0702. The van der Waals surface area contributed by atoms with Gasteiger partial charge in [-0.25, -0.2) is 0 Å². The molecule has 1 fully saturated rings. The van der Waals surface area contributed by atoms with E-state index in [2.05, 4.69) is 21.6 Å². The first kappa shape index (κ1) is 17.6. The summed E-state index contributed by atoms with van der Waals surface area (Å²) in [4.78, 5) is 14.8. The van der Waals surface area contributed by atoms with Crippen molar-refractivity contribution in [2.24, 2.45) is 0 Å². The summed E-state index contributed by atoms with van der Waals surface area (Å²) in [5, 5.41) is 6.47. The van der Waals surface area contributed by atoms with Gasteiger partial charge in [-0.1, -0.05) is 29.8 Å². The van der Waals surface area contributed by atoms with Gasteiger partial charge < -0.3 is 15.5 Å². The molecule has 2 N–H and O–H groups in total. The molecule has 4 nitrogen and oxygen atoms in total. The normalized spacial score (nSPS) is 14.6. The minimum atomic E-state index is -0.0702. The van der Waals surface area contributed by atoms with E-state index in [4.69, 9.17) is 0 Å². The summed E-state index contributed by atoms with van der Waals surface area (Å²) in [6.07, 6.45) is 2.67. The molecule has 132 valence electrons. The average molecular weight is 337 g/mol. The maximum absolute atomic E-state index is 12.3. The van der Waals surface area contributed by atoms with Gasteiger partial charge in [-0.15, -0.1) is 0 Å². The SMILES string of the molecule is Cc1ccc(C(=O)Nc2cccc(CNCCN3CCCC3)c2)cc1. The van der Waals surface area contributed by atoms with Crippen LogP contribution in [0.1, 0.15) is 34.3 Å². The largest absolute Gasteiger partial charge is 0.322 e. The molecule has 0 unspecified atom stereocenters. The number of carbonyl (C=O) groups excluding carboxylic acids is 1. The molecule has 4 heteroatoms. The number of anilines is 1. The van der Waals surface area contributed by atoms with Crippen LogP contribution >= 0.6 is 0 Å². The first-order chi connectivity index (χ1) is 12.2. The lowest BCUT2D eigenvalue weighted by Gasteiger charge is -2.15. The third kappa shape index (κ3) is 5.41. The van der Waals surface area contributed by atoms with E-state index < -0.39 is 0 Å². The Kier molecular flexibility index (Phi) is 6.20. The Morgan fingerprint density at radius 2 is 1.84 bits per heavy atom. The van der Waals surface area contributed by atoms with Crippen LogP contribution in [0.4, 0.5) is 5.69 Å². The molecular formula is C21H27N3O. The molecule has 0 atom stereocenters. The second-order valence-electron chi connectivity index (χ2n) is 6.75. The fourth-order valence-corrected chi connectivity index (χ4v) is 3.14. The van der Waals surface area contributed by atoms with Crippen molar-refractivity contribution >= 4 is 11.6 Å². The van der Waals surface area contributed by atoms with Gasteiger partial charge in [0.05, 0.1) is 0 Å². The van der Waals surface area contributed by atoms with Gasteiger partial charge in [-0.2, -0.15) is 0 Å². The van der Waals surface area contributed by atoms with Gasteiger partial charge in [0.15, 0.2) is 0 Å². The number of hydrogen-bond acceptors (Lipinski definition) is 3. The van der Waals surface area contributed by atoms with E-state index >= 15 is 0 Å². The van der Waals surface area contributed by atoms with E-state index in [1.54, 1.807) is 0 Å². The number of nitrogens with zero attached hydrogens (tertiary/aromatic N) is 1. The standard InChI is InChI=1S/C21H27N3O/c1-17-7-9-19(10-8-17)21(25)23-20-6-4-5-18(15-20)16-22-11-14-24-12-2-3-13-24/h4-10,15,22H,2-3,11-14,16H2,1H3,(H,23,25). The molecule has 0 bridgehead atoms. The van der Waals surface area contributed by atoms with Crippen molar-refractivity contribution in [2.75, 3.05) is 31.5 Å². The number of nitrogens with one attached hydrogen (secondary N) is 2. The minimum absolute atomic E-state index is 0.0702. The Balaban J connectivity index is 1.48. The maximum atomic E-state index is 12.3. The van der Waals surface area contributed by atoms with Crippen molar-refractivity contribution in [3.8, 4) is 0 Å². The summed E-state index contributed by atoms with van der Waals surface area (Å²) in [5.41, 5.74) is 3.85. The Labute approximate surface area is 150 Å². The molecule has 0 saturated carbocycles. The highest BCUT2D eigenvalue weighted by molar-refractivity contribution is 6.04. The monoisotopic (exact) mass is 337 g/mol. The number of hydrogen-bond donors (Lipinski definition) is 2. The van der Waals surface area contributed by atoms with Crippen LogP contribution in [0, 0.1) is 6.92 Å². The molecule has 0 radical (unpaired) electrons. The molecule has 3 rings (SSSR count). The lowest BCUT2D eigenvalue weighted by molar-refractivity contribution is 0.102. The zero-order valence-electron chi connectivity index (χ0n) is 14.9. The summed E-state index contributed by atoms with van der Waals surface area (Å²) >= 11 is 0. The van der Waals surface area contributed by atoms with Gasteiger partial charge in [0.25, 0.3) is 5.91 Å². The second-order valence-corrected chi connectivity index (χ2v) is 6.75. The summed E-state index contributed by atoms with van der Waals surface area (Å²) in [7, 11) is 0. The van der Waals surface area contributed by atoms with Crippen molar-refractivity contribution in [2.45, 2.75) is 26.3 Å². The summed E-state index contributed by atoms with van der Waals surface area (Å²) < 4.78 is 0. The van der Waals surface area contributed by atoms with E-state index in [0.29, 0.717) is 5.56 Å². The molecule has 1 saturated heterocycles. The van der Waals surface area contributed by atoms with Crippen LogP contribution in [0.2, 0.25) is 0 Å². The van der Waals surface area contributed by atoms with Crippen LogP contribution in [-0.4, -0.2) is 37.0 Å². The van der Waals surface area contributed by atoms with Gasteiger partial charge >= 0.3 is 0 Å². The first-order valence-corrected chi connectivity index (χ1v) is 9.11. The number of benzene rings is 2. The first-order valence-electron chi connectivity index (χ1n) is 9.11. The maximum Gasteiger partial charge on any atom is 0.255 e. The van der Waals surface area contributed by atoms with Crippen molar-refractivity contribution in [1.82, 2.24) is 10.2 Å².